The van der Waals surface area contributed by atoms with Gasteiger partial charge in [0.05, 0.1) is 11.4 Å². The fraction of sp³-hybridized carbons (Fsp3) is 0.409. The topological polar surface area (TPSA) is 176 Å². The van der Waals surface area contributed by atoms with E-state index in [9.17, 15) is 19.8 Å². The summed E-state index contributed by atoms with van der Waals surface area (Å²) in [7, 11) is 5.19. The molecule has 0 radical (unpaired) electrons. The minimum absolute atomic E-state index is 0.272. The predicted molar refractivity (Wildman–Crippen MR) is 131 cm³/mol. The Balaban J connectivity index is 1.58. The van der Waals surface area contributed by atoms with Crippen molar-refractivity contribution in [1.29, 1.82) is 0 Å². The van der Waals surface area contributed by atoms with E-state index in [2.05, 4.69) is 26.3 Å². The minimum atomic E-state index is -1.04. The van der Waals surface area contributed by atoms with Crippen molar-refractivity contribution < 1.29 is 19.8 Å². The first-order valence-corrected chi connectivity index (χ1v) is 11.1. The predicted octanol–water partition coefficient (Wildman–Crippen LogP) is -0.561. The van der Waals surface area contributed by atoms with E-state index in [1.165, 1.54) is 0 Å². The largest absolute Gasteiger partial charge is 0.379 e. The van der Waals surface area contributed by atoms with Crippen molar-refractivity contribution in [2.75, 3.05) is 30.3 Å². The van der Waals surface area contributed by atoms with Crippen LogP contribution in [0.15, 0.2) is 36.9 Å². The molecule has 0 bridgehead atoms. The van der Waals surface area contributed by atoms with Crippen molar-refractivity contribution in [3.05, 3.63) is 54.1 Å². The molecule has 190 valence electrons. The van der Waals surface area contributed by atoms with E-state index < -0.39 is 12.5 Å². The van der Waals surface area contributed by atoms with Gasteiger partial charge in [-0.25, -0.2) is 4.98 Å². The number of nitrogens with two attached hydrogens (primary N) is 1. The van der Waals surface area contributed by atoms with Gasteiger partial charge in [0.1, 0.15) is 17.6 Å². The Labute approximate surface area is 202 Å². The summed E-state index contributed by atoms with van der Waals surface area (Å²) in [6.07, 6.45) is 5.17. The van der Waals surface area contributed by atoms with Gasteiger partial charge in [0, 0.05) is 72.0 Å². The Morgan fingerprint density at radius 2 is 1.66 bits per heavy atom. The molecule has 35 heavy (non-hydrogen) atoms. The molecule has 13 nitrogen and oxygen atoms in total. The van der Waals surface area contributed by atoms with E-state index >= 15 is 0 Å². The number of carbonyl (C=O) groups excluding carboxylic acids is 2. The monoisotopic (exact) mass is 487 g/mol. The molecule has 3 rings (SSSR count). The Hall–Kier alpha value is -3.65. The smallest absolute Gasteiger partial charge is 0.272 e. The van der Waals surface area contributed by atoms with Crippen molar-refractivity contribution in [2.45, 2.75) is 18.9 Å². The lowest BCUT2D eigenvalue weighted by Crippen LogP contribution is -2.36. The number of carbonyl (C=O) groups is 2. The molecule has 3 aromatic heterocycles. The van der Waals surface area contributed by atoms with Crippen LogP contribution in [0, 0.1) is 0 Å². The zero-order valence-corrected chi connectivity index (χ0v) is 20.0. The summed E-state index contributed by atoms with van der Waals surface area (Å²) >= 11 is 0. The van der Waals surface area contributed by atoms with Crippen molar-refractivity contribution in [1.82, 2.24) is 29.3 Å². The van der Waals surface area contributed by atoms with E-state index in [-0.39, 0.29) is 18.4 Å². The lowest BCUT2D eigenvalue weighted by molar-refractivity contribution is 0.0922. The van der Waals surface area contributed by atoms with E-state index in [0.29, 0.717) is 48.1 Å². The molecule has 3 heterocycles. The van der Waals surface area contributed by atoms with Gasteiger partial charge in [-0.3, -0.25) is 14.9 Å². The number of imidazole rings is 1. The van der Waals surface area contributed by atoms with Crippen LogP contribution in [0.25, 0.3) is 0 Å². The second kappa shape index (κ2) is 11.7. The van der Waals surface area contributed by atoms with Crippen LogP contribution < -0.4 is 27.0 Å². The highest BCUT2D eigenvalue weighted by molar-refractivity contribution is 6.04. The molecular weight excluding hydrogens is 454 g/mol. The van der Waals surface area contributed by atoms with Crippen LogP contribution in [0.1, 0.15) is 39.5 Å². The first-order valence-electron chi connectivity index (χ1n) is 11.1. The van der Waals surface area contributed by atoms with Gasteiger partial charge < -0.3 is 45.6 Å². The molecular formula is C22H33N9O4. The number of aryl methyl sites for hydroxylation is 3. The fourth-order valence-corrected chi connectivity index (χ4v) is 3.55. The van der Waals surface area contributed by atoms with Gasteiger partial charge >= 0.3 is 0 Å². The second-order valence-corrected chi connectivity index (χ2v) is 8.15. The van der Waals surface area contributed by atoms with Gasteiger partial charge in [-0.05, 0) is 12.1 Å². The fourth-order valence-electron chi connectivity index (χ4n) is 3.55. The third kappa shape index (κ3) is 6.70. The standard InChI is InChI=1S/C22H33N9O4/c1-29-9-8-25-19(29)22(35)28-15-11-17(31(3)13-15)21(34)27-14-10-16(30(2)12-14)20(33)26-6-4-18(32)24-7-5-23/h8-13,18,22,24,28,32,35H,4-7,23H2,1-3H3,(H,26,33)(H,27,34). The Morgan fingerprint density at radius 1 is 1.00 bits per heavy atom. The van der Waals surface area contributed by atoms with Gasteiger partial charge in [0.25, 0.3) is 11.8 Å². The molecule has 0 saturated carbocycles. The number of hydrogen-bond donors (Lipinski definition) is 7. The number of nitrogens with zero attached hydrogens (tertiary/aromatic N) is 4. The third-order valence-electron chi connectivity index (χ3n) is 5.37. The molecule has 0 aliphatic carbocycles. The average Bonchev–Trinajstić information content (AvgIpc) is 3.50. The van der Waals surface area contributed by atoms with Gasteiger partial charge in [0.15, 0.2) is 12.1 Å². The van der Waals surface area contributed by atoms with Gasteiger partial charge in [-0.1, -0.05) is 0 Å². The molecule has 0 fully saturated rings. The van der Waals surface area contributed by atoms with Crippen LogP contribution in [0.4, 0.5) is 11.4 Å². The van der Waals surface area contributed by atoms with E-state index in [1.807, 2.05) is 0 Å². The summed E-state index contributed by atoms with van der Waals surface area (Å²) in [6.45, 7) is 1.17. The number of hydrogen-bond acceptors (Lipinski definition) is 8. The molecule has 0 aliphatic heterocycles. The second-order valence-electron chi connectivity index (χ2n) is 8.15. The number of nitrogens with one attached hydrogen (secondary N) is 4. The van der Waals surface area contributed by atoms with Crippen LogP contribution in [0.2, 0.25) is 0 Å². The van der Waals surface area contributed by atoms with Crippen LogP contribution in [-0.4, -0.2) is 66.6 Å². The van der Waals surface area contributed by atoms with Crippen molar-refractivity contribution in [3.8, 4) is 0 Å². The lowest BCUT2D eigenvalue weighted by Gasteiger charge is -2.12. The Bertz CT molecular complexity index is 1150. The number of aromatic nitrogens is 4. The molecule has 2 unspecified atom stereocenters. The average molecular weight is 488 g/mol. The van der Waals surface area contributed by atoms with Gasteiger partial charge in [-0.2, -0.15) is 0 Å². The third-order valence-corrected chi connectivity index (χ3v) is 5.37. The maximum Gasteiger partial charge on any atom is 0.272 e. The van der Waals surface area contributed by atoms with Crippen LogP contribution in [0.3, 0.4) is 0 Å². The van der Waals surface area contributed by atoms with E-state index in [1.54, 1.807) is 71.8 Å². The van der Waals surface area contributed by atoms with Crippen molar-refractivity contribution >= 4 is 23.2 Å². The number of aliphatic hydroxyl groups is 2. The maximum atomic E-state index is 12.8. The summed E-state index contributed by atoms with van der Waals surface area (Å²) in [5.41, 5.74) is 7.09. The first-order chi connectivity index (χ1) is 16.7. The van der Waals surface area contributed by atoms with E-state index in [0.717, 1.165) is 0 Å². The highest BCUT2D eigenvalue weighted by Gasteiger charge is 2.18. The molecule has 0 aliphatic rings. The first kappa shape index (κ1) is 26.0. The summed E-state index contributed by atoms with van der Waals surface area (Å²) < 4.78 is 4.93. The van der Waals surface area contributed by atoms with Crippen LogP contribution in [-0.2, 0) is 21.1 Å². The normalized spacial score (nSPS) is 12.9. The summed E-state index contributed by atoms with van der Waals surface area (Å²) in [5, 5.41) is 31.4. The minimum Gasteiger partial charge on any atom is -0.379 e. The van der Waals surface area contributed by atoms with Crippen molar-refractivity contribution in [3.63, 3.8) is 0 Å². The molecule has 13 heteroatoms. The molecule has 0 spiro atoms. The molecule has 0 saturated heterocycles. The van der Waals surface area contributed by atoms with E-state index in [4.69, 9.17) is 5.73 Å². The summed E-state index contributed by atoms with van der Waals surface area (Å²) in [6, 6.07) is 3.19. The zero-order valence-electron chi connectivity index (χ0n) is 20.0. The quantitative estimate of drug-likeness (QED) is 0.166. The number of anilines is 2. The lowest BCUT2D eigenvalue weighted by atomic mass is 10.3. The maximum absolute atomic E-state index is 12.8. The van der Waals surface area contributed by atoms with Crippen molar-refractivity contribution in [2.24, 2.45) is 26.9 Å². The number of rotatable bonds is 12. The summed E-state index contributed by atoms with van der Waals surface area (Å²) in [4.78, 5) is 29.5. The highest BCUT2D eigenvalue weighted by Crippen LogP contribution is 2.20. The molecule has 0 aromatic carbocycles. The number of aliphatic hydroxyl groups excluding tert-OH is 2. The SMILES string of the molecule is Cn1cc(NC(=O)c2cc(NC(O)c3nccn3C)cn2C)cc1C(=O)NCCC(O)NCCN. The van der Waals surface area contributed by atoms with Gasteiger partial charge in [-0.15, -0.1) is 0 Å². The highest BCUT2D eigenvalue weighted by atomic mass is 16.3. The molecule has 2 atom stereocenters. The van der Waals surface area contributed by atoms with Crippen LogP contribution >= 0.6 is 0 Å². The molecule has 2 amide bonds. The molecule has 8 N–H and O–H groups in total. The van der Waals surface area contributed by atoms with Crippen LogP contribution in [0.5, 0.6) is 0 Å². The van der Waals surface area contributed by atoms with Gasteiger partial charge in [0.2, 0.25) is 0 Å². The Kier molecular flexibility index (Phi) is 8.65. The Morgan fingerprint density at radius 3 is 2.31 bits per heavy atom. The number of amides is 2. The summed E-state index contributed by atoms with van der Waals surface area (Å²) in [5.74, 6) is -0.261. The zero-order chi connectivity index (χ0) is 25.5. The molecule has 3 aromatic rings.